The second-order valence-electron chi connectivity index (χ2n) is 12.1. The van der Waals surface area contributed by atoms with Crippen LogP contribution in [0.2, 0.25) is 0 Å². The molecule has 3 rings (SSSR count). The topological polar surface area (TPSA) is 46.5 Å². The number of benzene rings is 3. The molecule has 0 aliphatic rings. The molecule has 0 spiro atoms. The van der Waals surface area contributed by atoms with Crippen molar-refractivity contribution >= 4 is 5.78 Å². The predicted molar refractivity (Wildman–Crippen MR) is 168 cm³/mol. The van der Waals surface area contributed by atoms with Crippen LogP contribution in [0.1, 0.15) is 99.0 Å². The monoisotopic (exact) mass is 540 g/mol. The molecule has 3 heteroatoms. The quantitative estimate of drug-likeness (QED) is 0.141. The van der Waals surface area contributed by atoms with Gasteiger partial charge in [-0.3, -0.25) is 4.79 Å². The maximum Gasteiger partial charge on any atom is 0.226 e. The third-order valence-electron chi connectivity index (χ3n) is 8.60. The van der Waals surface area contributed by atoms with Gasteiger partial charge in [0, 0.05) is 11.0 Å². The van der Waals surface area contributed by atoms with Gasteiger partial charge >= 0.3 is 0 Å². The molecule has 3 nitrogen and oxygen atoms in total. The minimum atomic E-state index is -0.315. The molecule has 0 saturated carbocycles. The van der Waals surface area contributed by atoms with E-state index in [1.54, 1.807) is 0 Å². The van der Waals surface area contributed by atoms with Crippen LogP contribution >= 0.6 is 0 Å². The molecule has 0 aliphatic carbocycles. The van der Waals surface area contributed by atoms with Crippen LogP contribution < -0.4 is 0 Å². The van der Waals surface area contributed by atoms with Gasteiger partial charge in [0.2, 0.25) is 5.78 Å². The zero-order chi connectivity index (χ0) is 29.7. The van der Waals surface area contributed by atoms with Gasteiger partial charge in [0.05, 0.1) is 12.7 Å². The van der Waals surface area contributed by atoms with Gasteiger partial charge < -0.3 is 9.84 Å². The van der Waals surface area contributed by atoms with Gasteiger partial charge in [0.25, 0.3) is 0 Å². The van der Waals surface area contributed by atoms with E-state index in [2.05, 4.69) is 91.4 Å². The summed E-state index contributed by atoms with van der Waals surface area (Å²) in [6, 6.07) is 21.5. The Morgan fingerprint density at radius 2 is 1.45 bits per heavy atom. The summed E-state index contributed by atoms with van der Waals surface area (Å²) >= 11 is 0. The van der Waals surface area contributed by atoms with Crippen molar-refractivity contribution in [2.24, 2.45) is 5.41 Å². The number of allylic oxidation sites excluding steroid dienone is 1. The molecule has 214 valence electrons. The van der Waals surface area contributed by atoms with Gasteiger partial charge in [-0.15, -0.1) is 0 Å². The van der Waals surface area contributed by atoms with Crippen LogP contribution in [0, 0.1) is 19.3 Å². The van der Waals surface area contributed by atoms with E-state index < -0.39 is 0 Å². The van der Waals surface area contributed by atoms with Crippen molar-refractivity contribution in [1.29, 1.82) is 0 Å². The van der Waals surface area contributed by atoms with E-state index in [0.29, 0.717) is 12.2 Å². The van der Waals surface area contributed by atoms with Crippen molar-refractivity contribution in [2.75, 3.05) is 6.61 Å². The van der Waals surface area contributed by atoms with E-state index >= 15 is 0 Å². The van der Waals surface area contributed by atoms with Crippen molar-refractivity contribution in [3.63, 3.8) is 0 Å². The Kier molecular flexibility index (Phi) is 10.2. The van der Waals surface area contributed by atoms with E-state index in [0.717, 1.165) is 36.8 Å². The number of hydrogen-bond donors (Lipinski definition) is 1. The number of carbonyl (C=O) groups is 1. The fourth-order valence-corrected chi connectivity index (χ4v) is 5.72. The Morgan fingerprint density at radius 1 is 0.875 bits per heavy atom. The first-order chi connectivity index (χ1) is 18.9. The van der Waals surface area contributed by atoms with Crippen molar-refractivity contribution in [1.82, 2.24) is 0 Å². The first kappa shape index (κ1) is 31.4. The Labute approximate surface area is 242 Å². The molecule has 0 amide bonds. The zero-order valence-electron chi connectivity index (χ0n) is 25.9. The molecule has 40 heavy (non-hydrogen) atoms. The Morgan fingerprint density at radius 3 is 1.95 bits per heavy atom. The Hall–Kier alpha value is -3.17. The molecule has 3 aromatic rings. The van der Waals surface area contributed by atoms with Gasteiger partial charge in [0.15, 0.2) is 5.76 Å². The van der Waals surface area contributed by atoms with Gasteiger partial charge in [-0.05, 0) is 90.8 Å². The average Bonchev–Trinajstić information content (AvgIpc) is 2.93. The SMILES string of the molecule is C=C(OCC)C(=O)c1ccc(-c2ccc(C(CC)(CC)c3ccc(CCC(O)C(C)(C)C)c(C)c3)cc2C)cc1. The lowest BCUT2D eigenvalue weighted by Crippen LogP contribution is -2.27. The fraction of sp³-hybridized carbons (Fsp3) is 0.432. The third kappa shape index (κ3) is 6.75. The summed E-state index contributed by atoms with van der Waals surface area (Å²) in [5.41, 5.74) is 9.14. The minimum Gasteiger partial charge on any atom is -0.490 e. The first-order valence-corrected chi connectivity index (χ1v) is 14.7. The fourth-order valence-electron chi connectivity index (χ4n) is 5.72. The van der Waals surface area contributed by atoms with Crippen LogP contribution in [-0.4, -0.2) is 23.6 Å². The summed E-state index contributed by atoms with van der Waals surface area (Å²) < 4.78 is 5.29. The van der Waals surface area contributed by atoms with E-state index in [1.807, 2.05) is 31.2 Å². The Balaban J connectivity index is 1.89. The molecule has 0 aliphatic heterocycles. The molecule has 3 aromatic carbocycles. The molecular weight excluding hydrogens is 492 g/mol. The van der Waals surface area contributed by atoms with E-state index in [9.17, 15) is 9.90 Å². The molecule has 1 N–H and O–H groups in total. The maximum atomic E-state index is 12.5. The lowest BCUT2D eigenvalue weighted by atomic mass is 9.69. The van der Waals surface area contributed by atoms with E-state index in [-0.39, 0.29) is 28.5 Å². The highest BCUT2D eigenvalue weighted by Crippen LogP contribution is 2.41. The van der Waals surface area contributed by atoms with Crippen molar-refractivity contribution in [2.45, 2.75) is 92.6 Å². The molecule has 0 aromatic heterocycles. The molecule has 0 radical (unpaired) electrons. The first-order valence-electron chi connectivity index (χ1n) is 14.7. The van der Waals surface area contributed by atoms with Crippen molar-refractivity contribution < 1.29 is 14.6 Å². The highest BCUT2D eigenvalue weighted by molar-refractivity contribution is 6.07. The number of aliphatic hydroxyl groups excluding tert-OH is 1. The molecule has 0 heterocycles. The van der Waals surface area contributed by atoms with Crippen LogP contribution in [-0.2, 0) is 16.6 Å². The normalized spacial score (nSPS) is 12.7. The smallest absolute Gasteiger partial charge is 0.226 e. The number of aliphatic hydroxyl groups is 1. The van der Waals surface area contributed by atoms with Crippen LogP contribution in [0.15, 0.2) is 73.0 Å². The summed E-state index contributed by atoms with van der Waals surface area (Å²) in [4.78, 5) is 12.5. The second kappa shape index (κ2) is 13.0. The third-order valence-corrected chi connectivity index (χ3v) is 8.60. The lowest BCUT2D eigenvalue weighted by molar-refractivity contribution is 0.0559. The van der Waals surface area contributed by atoms with Gasteiger partial charge in [-0.2, -0.15) is 0 Å². The summed E-state index contributed by atoms with van der Waals surface area (Å²) in [7, 11) is 0. The largest absolute Gasteiger partial charge is 0.490 e. The van der Waals surface area contributed by atoms with E-state index in [4.69, 9.17) is 4.74 Å². The number of ketones is 1. The zero-order valence-corrected chi connectivity index (χ0v) is 25.9. The molecule has 0 bridgehead atoms. The van der Waals surface area contributed by atoms with Gasteiger partial charge in [-0.25, -0.2) is 0 Å². The lowest BCUT2D eigenvalue weighted by Gasteiger charge is -2.34. The number of ether oxygens (including phenoxy) is 1. The number of hydrogen-bond acceptors (Lipinski definition) is 3. The van der Waals surface area contributed by atoms with Gasteiger partial charge in [0.1, 0.15) is 0 Å². The number of carbonyl (C=O) groups excluding carboxylic acids is 1. The van der Waals surface area contributed by atoms with Crippen LogP contribution in [0.25, 0.3) is 11.1 Å². The van der Waals surface area contributed by atoms with Crippen LogP contribution in [0.5, 0.6) is 0 Å². The predicted octanol–water partition coefficient (Wildman–Crippen LogP) is 9.15. The summed E-state index contributed by atoms with van der Waals surface area (Å²) in [5, 5.41) is 10.5. The second-order valence-corrected chi connectivity index (χ2v) is 12.1. The molecular formula is C37H48O3. The standard InChI is InChI=1S/C37H48O3/c1-10-37(11-2,31-19-17-28(25(4)23-31)18-22-34(38)36(7,8)9)32-20-21-33(26(5)24-32)29-13-15-30(16-14-29)35(39)27(6)40-12-3/h13-17,19-21,23-24,34,38H,6,10-12,18,22H2,1-5,7-9H3. The van der Waals surface area contributed by atoms with Crippen molar-refractivity contribution in [3.8, 4) is 11.1 Å². The highest BCUT2D eigenvalue weighted by Gasteiger charge is 2.31. The number of Topliss-reactive ketones (excluding diaryl/α,β-unsaturated/α-hetero) is 1. The average molecular weight is 541 g/mol. The molecule has 1 unspecified atom stereocenters. The number of aryl methyl sites for hydroxylation is 3. The summed E-state index contributed by atoms with van der Waals surface area (Å²) in [6.45, 7) is 21.2. The number of rotatable bonds is 12. The van der Waals surface area contributed by atoms with E-state index in [1.165, 1.54) is 27.8 Å². The molecule has 1 atom stereocenters. The van der Waals surface area contributed by atoms with Crippen LogP contribution in [0.3, 0.4) is 0 Å². The minimum absolute atomic E-state index is 0.0760. The maximum absolute atomic E-state index is 12.5. The molecule has 0 fully saturated rings. The van der Waals surface area contributed by atoms with Crippen molar-refractivity contribution in [3.05, 3.63) is 106 Å². The highest BCUT2D eigenvalue weighted by atomic mass is 16.5. The Bertz CT molecular complexity index is 1320. The van der Waals surface area contributed by atoms with Crippen LogP contribution in [0.4, 0.5) is 0 Å². The summed E-state index contributed by atoms with van der Waals surface area (Å²) in [6.07, 6.45) is 3.35. The summed E-state index contributed by atoms with van der Waals surface area (Å²) in [5.74, 6) is -0.000129. The molecule has 0 saturated heterocycles. The van der Waals surface area contributed by atoms with Gasteiger partial charge in [-0.1, -0.05) is 102 Å².